The number of hydrogen-bond donors (Lipinski definition) is 1. The largest absolute Gasteiger partial charge is 0.375 e. The molecular formula is C25H22BrNO3. The van der Waals surface area contributed by atoms with Gasteiger partial charge < -0.3 is 10.0 Å². The summed E-state index contributed by atoms with van der Waals surface area (Å²) in [5, 5.41) is 11.7. The van der Waals surface area contributed by atoms with Crippen molar-refractivity contribution in [2.24, 2.45) is 5.92 Å². The van der Waals surface area contributed by atoms with Gasteiger partial charge in [0.25, 0.3) is 5.91 Å². The number of hydrogen-bond acceptors (Lipinski definition) is 3. The van der Waals surface area contributed by atoms with Gasteiger partial charge in [-0.3, -0.25) is 9.59 Å². The fraction of sp³-hybridized carbons (Fsp3) is 0.200. The fourth-order valence-electron chi connectivity index (χ4n) is 4.05. The minimum absolute atomic E-state index is 0.262. The standard InChI is InChI=1S/C25H22BrNO3/c1-17(23(28)19-10-6-3-7-11-19)25(30)21-16-20(26)12-13-22(21)27(24(25)29)15-14-18-8-4-2-5-9-18/h2-13,16-17,30H,14-15H2,1H3/t17-,25-/m0/s1. The van der Waals surface area contributed by atoms with Gasteiger partial charge in [0.1, 0.15) is 0 Å². The first-order valence-electron chi connectivity index (χ1n) is 9.90. The van der Waals surface area contributed by atoms with E-state index in [2.05, 4.69) is 15.9 Å². The summed E-state index contributed by atoms with van der Waals surface area (Å²) >= 11 is 3.44. The Labute approximate surface area is 184 Å². The van der Waals surface area contributed by atoms with Crippen LogP contribution in [0.15, 0.2) is 83.3 Å². The minimum Gasteiger partial charge on any atom is -0.375 e. The van der Waals surface area contributed by atoms with Crippen molar-refractivity contribution < 1.29 is 14.7 Å². The van der Waals surface area contributed by atoms with Crippen LogP contribution in [-0.2, 0) is 16.8 Å². The number of aliphatic hydroxyl groups is 1. The van der Waals surface area contributed by atoms with Crippen LogP contribution in [0.5, 0.6) is 0 Å². The molecule has 1 aliphatic rings. The van der Waals surface area contributed by atoms with E-state index in [1.165, 1.54) is 0 Å². The molecule has 152 valence electrons. The van der Waals surface area contributed by atoms with E-state index >= 15 is 0 Å². The molecule has 5 heteroatoms. The molecule has 0 spiro atoms. The molecule has 0 saturated carbocycles. The Morgan fingerprint density at radius 1 is 1.03 bits per heavy atom. The third kappa shape index (κ3) is 3.48. The van der Waals surface area contributed by atoms with Crippen LogP contribution in [0.3, 0.4) is 0 Å². The third-order valence-electron chi connectivity index (χ3n) is 5.78. The zero-order valence-corrected chi connectivity index (χ0v) is 18.2. The van der Waals surface area contributed by atoms with Crippen molar-refractivity contribution in [3.05, 3.63) is 100 Å². The van der Waals surface area contributed by atoms with Crippen molar-refractivity contribution in [1.29, 1.82) is 0 Å². The number of halogens is 1. The monoisotopic (exact) mass is 463 g/mol. The van der Waals surface area contributed by atoms with Gasteiger partial charge in [-0.1, -0.05) is 83.5 Å². The van der Waals surface area contributed by atoms with E-state index < -0.39 is 17.4 Å². The number of nitrogens with zero attached hydrogens (tertiary/aromatic N) is 1. The van der Waals surface area contributed by atoms with Gasteiger partial charge >= 0.3 is 0 Å². The molecule has 30 heavy (non-hydrogen) atoms. The molecule has 0 radical (unpaired) electrons. The number of carbonyl (C=O) groups excluding carboxylic acids is 2. The van der Waals surface area contributed by atoms with Gasteiger partial charge in [0.2, 0.25) is 0 Å². The number of fused-ring (bicyclic) bond motifs is 1. The van der Waals surface area contributed by atoms with E-state index in [1.54, 1.807) is 42.2 Å². The summed E-state index contributed by atoms with van der Waals surface area (Å²) in [5.41, 5.74) is 0.780. The van der Waals surface area contributed by atoms with Crippen molar-refractivity contribution >= 4 is 33.3 Å². The van der Waals surface area contributed by atoms with Gasteiger partial charge in [-0.05, 0) is 30.2 Å². The third-order valence-corrected chi connectivity index (χ3v) is 6.27. The maximum Gasteiger partial charge on any atom is 0.264 e. The number of ketones is 1. The molecule has 0 unspecified atom stereocenters. The molecule has 1 amide bonds. The Bertz CT molecular complexity index is 1080. The first kappa shape index (κ1) is 20.5. The van der Waals surface area contributed by atoms with E-state index in [0.717, 1.165) is 10.0 Å². The summed E-state index contributed by atoms with van der Waals surface area (Å²) in [6, 6.07) is 24.1. The number of Topliss-reactive ketones (excluding diaryl/α,β-unsaturated/α-hetero) is 1. The lowest BCUT2D eigenvalue weighted by Gasteiger charge is -2.28. The number of carbonyl (C=O) groups is 2. The highest BCUT2D eigenvalue weighted by molar-refractivity contribution is 9.10. The Morgan fingerprint density at radius 3 is 2.33 bits per heavy atom. The smallest absolute Gasteiger partial charge is 0.264 e. The number of amides is 1. The maximum absolute atomic E-state index is 13.5. The molecule has 0 aromatic heterocycles. The number of benzene rings is 3. The molecule has 3 aromatic rings. The van der Waals surface area contributed by atoms with E-state index in [0.29, 0.717) is 29.8 Å². The summed E-state index contributed by atoms with van der Waals surface area (Å²) < 4.78 is 0.747. The second-order valence-electron chi connectivity index (χ2n) is 7.57. The molecule has 0 saturated heterocycles. The highest BCUT2D eigenvalue weighted by Crippen LogP contribution is 2.46. The lowest BCUT2D eigenvalue weighted by Crippen LogP contribution is -2.47. The highest BCUT2D eigenvalue weighted by Gasteiger charge is 2.55. The van der Waals surface area contributed by atoms with Crippen LogP contribution < -0.4 is 4.90 Å². The fourth-order valence-corrected chi connectivity index (χ4v) is 4.41. The lowest BCUT2D eigenvalue weighted by molar-refractivity contribution is -0.139. The van der Waals surface area contributed by atoms with Crippen molar-refractivity contribution in [3.63, 3.8) is 0 Å². The molecule has 0 aliphatic carbocycles. The maximum atomic E-state index is 13.5. The van der Waals surface area contributed by atoms with Crippen molar-refractivity contribution in [2.45, 2.75) is 18.9 Å². The second kappa shape index (κ2) is 8.17. The average molecular weight is 464 g/mol. The van der Waals surface area contributed by atoms with Gasteiger partial charge in [-0.15, -0.1) is 0 Å². The highest BCUT2D eigenvalue weighted by atomic mass is 79.9. The number of rotatable bonds is 6. The molecule has 0 bridgehead atoms. The Kier molecular flexibility index (Phi) is 5.58. The van der Waals surface area contributed by atoms with Crippen molar-refractivity contribution in [1.82, 2.24) is 0 Å². The van der Waals surface area contributed by atoms with E-state index in [9.17, 15) is 14.7 Å². The Hall–Kier alpha value is -2.76. The zero-order chi connectivity index (χ0) is 21.3. The van der Waals surface area contributed by atoms with Gasteiger partial charge in [-0.2, -0.15) is 0 Å². The molecule has 4 nitrogen and oxygen atoms in total. The minimum atomic E-state index is -1.91. The summed E-state index contributed by atoms with van der Waals surface area (Å²) in [5.74, 6) is -1.65. The van der Waals surface area contributed by atoms with Crippen molar-refractivity contribution in [2.75, 3.05) is 11.4 Å². The first-order chi connectivity index (χ1) is 14.4. The van der Waals surface area contributed by atoms with Crippen molar-refractivity contribution in [3.8, 4) is 0 Å². The van der Waals surface area contributed by atoms with E-state index in [-0.39, 0.29) is 5.78 Å². The summed E-state index contributed by atoms with van der Waals surface area (Å²) in [6.07, 6.45) is 0.652. The second-order valence-corrected chi connectivity index (χ2v) is 8.49. The predicted molar refractivity (Wildman–Crippen MR) is 120 cm³/mol. The molecule has 0 fully saturated rings. The average Bonchev–Trinajstić information content (AvgIpc) is 2.99. The van der Waals surface area contributed by atoms with Crippen LogP contribution in [-0.4, -0.2) is 23.3 Å². The van der Waals surface area contributed by atoms with E-state index in [4.69, 9.17) is 0 Å². The van der Waals surface area contributed by atoms with Crippen LogP contribution in [0.4, 0.5) is 5.69 Å². The van der Waals surface area contributed by atoms with Crippen LogP contribution >= 0.6 is 15.9 Å². The molecule has 1 heterocycles. The quantitative estimate of drug-likeness (QED) is 0.536. The lowest BCUT2D eigenvalue weighted by atomic mass is 9.79. The summed E-state index contributed by atoms with van der Waals surface area (Å²) in [6.45, 7) is 2.05. The van der Waals surface area contributed by atoms with E-state index in [1.807, 2.05) is 48.5 Å². The normalized spacial score (nSPS) is 18.9. The molecular weight excluding hydrogens is 442 g/mol. The van der Waals surface area contributed by atoms with Gasteiger partial charge in [0.05, 0.1) is 11.6 Å². The topological polar surface area (TPSA) is 57.6 Å². The first-order valence-corrected chi connectivity index (χ1v) is 10.7. The van der Waals surface area contributed by atoms with Gasteiger partial charge in [0.15, 0.2) is 11.4 Å². The van der Waals surface area contributed by atoms with Gasteiger partial charge in [0, 0.05) is 22.1 Å². The molecule has 1 N–H and O–H groups in total. The Balaban J connectivity index is 1.70. The van der Waals surface area contributed by atoms with Crippen LogP contribution in [0.25, 0.3) is 0 Å². The molecule has 4 rings (SSSR count). The zero-order valence-electron chi connectivity index (χ0n) is 16.6. The predicted octanol–water partition coefficient (Wildman–Crippen LogP) is 4.75. The SMILES string of the molecule is C[C@@H](C(=O)c1ccccc1)[C@@]1(O)C(=O)N(CCc2ccccc2)c2ccc(Br)cc21. The molecule has 1 aliphatic heterocycles. The molecule has 3 aromatic carbocycles. The molecule has 2 atom stereocenters. The summed E-state index contributed by atoms with van der Waals surface area (Å²) in [4.78, 5) is 28.2. The van der Waals surface area contributed by atoms with Crippen LogP contribution in [0.2, 0.25) is 0 Å². The van der Waals surface area contributed by atoms with Crippen LogP contribution in [0, 0.1) is 5.92 Å². The summed E-state index contributed by atoms with van der Waals surface area (Å²) in [7, 11) is 0. The number of anilines is 1. The van der Waals surface area contributed by atoms with Crippen LogP contribution in [0.1, 0.15) is 28.4 Å². The Morgan fingerprint density at radius 2 is 1.67 bits per heavy atom. The van der Waals surface area contributed by atoms with Gasteiger partial charge in [-0.25, -0.2) is 0 Å².